The third-order valence-electron chi connectivity index (χ3n) is 3.07. The minimum atomic E-state index is -1.12. The maximum Gasteiger partial charge on any atom is 0.328 e. The van der Waals surface area contributed by atoms with Crippen molar-refractivity contribution in [1.82, 2.24) is 4.90 Å². The molecule has 1 saturated heterocycles. The lowest BCUT2D eigenvalue weighted by Gasteiger charge is -2.32. The zero-order valence-corrected chi connectivity index (χ0v) is 10.6. The monoisotopic (exact) mass is 278 g/mol. The molecule has 1 heterocycles. The number of hydrogen-bond acceptors (Lipinski definition) is 4. The van der Waals surface area contributed by atoms with Crippen LogP contribution >= 0.6 is 0 Å². The summed E-state index contributed by atoms with van der Waals surface area (Å²) in [7, 11) is 0. The summed E-state index contributed by atoms with van der Waals surface area (Å²) in [6, 6.07) is 4.88. The van der Waals surface area contributed by atoms with Crippen molar-refractivity contribution >= 4 is 17.8 Å². The van der Waals surface area contributed by atoms with Crippen molar-refractivity contribution in [3.8, 4) is 0 Å². The molecule has 1 aliphatic heterocycles. The topological polar surface area (TPSA) is 110 Å². The number of benzene rings is 1. The first kappa shape index (κ1) is 14.0. The Kier molecular flexibility index (Phi) is 3.99. The highest BCUT2D eigenvalue weighted by atomic mass is 16.5. The van der Waals surface area contributed by atoms with Crippen LogP contribution in [0, 0.1) is 0 Å². The fourth-order valence-electron chi connectivity index (χ4n) is 2.02. The van der Waals surface area contributed by atoms with Gasteiger partial charge in [0.1, 0.15) is 0 Å². The molecule has 20 heavy (non-hydrogen) atoms. The molecule has 1 aromatic carbocycles. The number of morpholine rings is 1. The second-order valence-electron chi connectivity index (χ2n) is 4.37. The van der Waals surface area contributed by atoms with Crippen molar-refractivity contribution in [3.63, 3.8) is 0 Å². The number of carboxylic acids is 1. The summed E-state index contributed by atoms with van der Waals surface area (Å²) in [4.78, 5) is 35.8. The number of rotatable bonds is 3. The van der Waals surface area contributed by atoms with Gasteiger partial charge in [-0.15, -0.1) is 0 Å². The number of carboxylic acid groups (broad SMARTS) is 1. The van der Waals surface area contributed by atoms with Gasteiger partial charge in [0.15, 0.2) is 6.04 Å². The van der Waals surface area contributed by atoms with Gasteiger partial charge < -0.3 is 20.5 Å². The quantitative estimate of drug-likeness (QED) is 0.789. The first-order chi connectivity index (χ1) is 9.50. The second-order valence-corrected chi connectivity index (χ2v) is 4.37. The van der Waals surface area contributed by atoms with Crippen LogP contribution in [-0.4, -0.2) is 53.6 Å². The molecule has 0 radical (unpaired) electrons. The van der Waals surface area contributed by atoms with Crippen LogP contribution in [0.25, 0.3) is 0 Å². The standard InChI is InChI=1S/C13H14N2O5/c14-11(16)8-2-1-3-9(6-8)12(17)15-4-5-20-7-10(15)13(18)19/h1-3,6,10H,4-5,7H2,(H2,14,16)(H,18,19)/t10-/m0/s1. The summed E-state index contributed by atoms with van der Waals surface area (Å²) < 4.78 is 5.07. The molecule has 7 heteroatoms. The number of hydrogen-bond donors (Lipinski definition) is 2. The van der Waals surface area contributed by atoms with E-state index in [0.717, 1.165) is 0 Å². The van der Waals surface area contributed by atoms with Crippen LogP contribution in [0.15, 0.2) is 24.3 Å². The molecule has 1 fully saturated rings. The molecule has 1 atom stereocenters. The lowest BCUT2D eigenvalue weighted by molar-refractivity contribution is -0.147. The molecular formula is C13H14N2O5. The molecule has 2 rings (SSSR count). The van der Waals surface area contributed by atoms with E-state index in [1.807, 2.05) is 0 Å². The van der Waals surface area contributed by atoms with Gasteiger partial charge in [-0.3, -0.25) is 9.59 Å². The molecule has 3 N–H and O–H groups in total. The molecule has 7 nitrogen and oxygen atoms in total. The number of amides is 2. The molecule has 0 saturated carbocycles. The third kappa shape index (κ3) is 2.77. The van der Waals surface area contributed by atoms with Crippen molar-refractivity contribution < 1.29 is 24.2 Å². The molecule has 1 aliphatic rings. The van der Waals surface area contributed by atoms with Gasteiger partial charge in [-0.1, -0.05) is 6.07 Å². The highest BCUT2D eigenvalue weighted by Gasteiger charge is 2.33. The summed E-state index contributed by atoms with van der Waals surface area (Å²) in [5.74, 6) is -2.22. The normalized spacial score (nSPS) is 18.6. The van der Waals surface area contributed by atoms with Crippen LogP contribution < -0.4 is 5.73 Å². The first-order valence-corrected chi connectivity index (χ1v) is 6.02. The average molecular weight is 278 g/mol. The van der Waals surface area contributed by atoms with Crippen LogP contribution in [-0.2, 0) is 9.53 Å². The number of nitrogens with two attached hydrogens (primary N) is 1. The number of ether oxygens (including phenoxy) is 1. The van der Waals surface area contributed by atoms with E-state index in [0.29, 0.717) is 0 Å². The molecule has 0 aromatic heterocycles. The predicted molar refractivity (Wildman–Crippen MR) is 68.2 cm³/mol. The summed E-state index contributed by atoms with van der Waals surface area (Å²) in [5.41, 5.74) is 5.59. The maximum atomic E-state index is 12.3. The Morgan fingerprint density at radius 1 is 1.30 bits per heavy atom. The minimum absolute atomic E-state index is 0.0451. The fourth-order valence-corrected chi connectivity index (χ4v) is 2.02. The van der Waals surface area contributed by atoms with E-state index in [-0.39, 0.29) is 30.9 Å². The molecule has 0 aliphatic carbocycles. The van der Waals surface area contributed by atoms with Crippen LogP contribution in [0.1, 0.15) is 20.7 Å². The minimum Gasteiger partial charge on any atom is -0.480 e. The Bertz CT molecular complexity index is 557. The molecule has 1 aromatic rings. The second kappa shape index (κ2) is 5.70. The van der Waals surface area contributed by atoms with Crippen molar-refractivity contribution in [2.75, 3.05) is 19.8 Å². The Balaban J connectivity index is 2.27. The smallest absolute Gasteiger partial charge is 0.328 e. The number of carbonyl (C=O) groups excluding carboxylic acids is 2. The lowest BCUT2D eigenvalue weighted by Crippen LogP contribution is -2.52. The van der Waals surface area contributed by atoms with Crippen LogP contribution in [0.4, 0.5) is 0 Å². The summed E-state index contributed by atoms with van der Waals surface area (Å²) in [5, 5.41) is 9.10. The molecular weight excluding hydrogens is 264 g/mol. The van der Waals surface area contributed by atoms with Gasteiger partial charge in [0, 0.05) is 17.7 Å². The average Bonchev–Trinajstić information content (AvgIpc) is 2.46. The molecule has 0 unspecified atom stereocenters. The largest absolute Gasteiger partial charge is 0.480 e. The summed E-state index contributed by atoms with van der Waals surface area (Å²) in [6.45, 7) is 0.429. The van der Waals surface area contributed by atoms with Gasteiger partial charge in [0.2, 0.25) is 5.91 Å². The van der Waals surface area contributed by atoms with E-state index in [9.17, 15) is 14.4 Å². The molecule has 0 bridgehead atoms. The van der Waals surface area contributed by atoms with Crippen LogP contribution in [0.3, 0.4) is 0 Å². The molecule has 106 valence electrons. The molecule has 2 amide bonds. The summed E-state index contributed by atoms with van der Waals surface area (Å²) in [6.07, 6.45) is 0. The zero-order chi connectivity index (χ0) is 14.7. The number of aliphatic carboxylic acids is 1. The van der Waals surface area contributed by atoms with Gasteiger partial charge in [0.05, 0.1) is 13.2 Å². The van der Waals surface area contributed by atoms with E-state index < -0.39 is 23.8 Å². The van der Waals surface area contributed by atoms with Crippen molar-refractivity contribution in [3.05, 3.63) is 35.4 Å². The highest BCUT2D eigenvalue weighted by Crippen LogP contribution is 2.14. The molecule has 0 spiro atoms. The SMILES string of the molecule is NC(=O)c1cccc(C(=O)N2CCOC[C@H]2C(=O)O)c1. The predicted octanol–water partition coefficient (Wildman–Crippen LogP) is -0.289. The van der Waals surface area contributed by atoms with E-state index in [2.05, 4.69) is 0 Å². The van der Waals surface area contributed by atoms with Crippen molar-refractivity contribution in [2.45, 2.75) is 6.04 Å². The lowest BCUT2D eigenvalue weighted by atomic mass is 10.1. The Labute approximate surface area is 114 Å². The van der Waals surface area contributed by atoms with E-state index >= 15 is 0 Å². The van der Waals surface area contributed by atoms with E-state index in [1.165, 1.54) is 29.2 Å². The van der Waals surface area contributed by atoms with Gasteiger partial charge in [-0.2, -0.15) is 0 Å². The van der Waals surface area contributed by atoms with Gasteiger partial charge in [0.25, 0.3) is 5.91 Å². The highest BCUT2D eigenvalue weighted by molar-refractivity contribution is 6.00. The van der Waals surface area contributed by atoms with Gasteiger partial charge >= 0.3 is 5.97 Å². The number of primary amides is 1. The van der Waals surface area contributed by atoms with Crippen molar-refractivity contribution in [2.24, 2.45) is 5.73 Å². The van der Waals surface area contributed by atoms with Gasteiger partial charge in [-0.05, 0) is 18.2 Å². The first-order valence-electron chi connectivity index (χ1n) is 6.02. The third-order valence-corrected chi connectivity index (χ3v) is 3.07. The van der Waals surface area contributed by atoms with Crippen LogP contribution in [0.5, 0.6) is 0 Å². The van der Waals surface area contributed by atoms with Crippen LogP contribution in [0.2, 0.25) is 0 Å². The van der Waals surface area contributed by atoms with Gasteiger partial charge in [-0.25, -0.2) is 4.79 Å². The fraction of sp³-hybridized carbons (Fsp3) is 0.308. The zero-order valence-electron chi connectivity index (χ0n) is 10.6. The van der Waals surface area contributed by atoms with Crippen molar-refractivity contribution in [1.29, 1.82) is 0 Å². The number of nitrogens with zero attached hydrogens (tertiary/aromatic N) is 1. The maximum absolute atomic E-state index is 12.3. The summed E-state index contributed by atoms with van der Waals surface area (Å²) >= 11 is 0. The number of carbonyl (C=O) groups is 3. The Hall–Kier alpha value is -2.41. The Morgan fingerprint density at radius 3 is 2.65 bits per heavy atom. The van der Waals surface area contributed by atoms with E-state index in [4.69, 9.17) is 15.6 Å². The van der Waals surface area contributed by atoms with E-state index in [1.54, 1.807) is 0 Å². The Morgan fingerprint density at radius 2 is 2.00 bits per heavy atom.